The van der Waals surface area contributed by atoms with E-state index in [2.05, 4.69) is 0 Å². The zero-order chi connectivity index (χ0) is 21.0. The Bertz CT molecular complexity index is 952. The van der Waals surface area contributed by atoms with Crippen molar-refractivity contribution in [2.45, 2.75) is 32.9 Å². The summed E-state index contributed by atoms with van der Waals surface area (Å²) in [4.78, 5) is 25.6. The van der Waals surface area contributed by atoms with Gasteiger partial charge in [-0.1, -0.05) is 72.9 Å². The van der Waals surface area contributed by atoms with Crippen LogP contribution in [0.15, 0.2) is 53.4 Å². The minimum absolute atomic E-state index is 0.272. The van der Waals surface area contributed by atoms with E-state index in [1.165, 1.54) is 10.5 Å². The molecule has 0 spiro atoms. The lowest BCUT2D eigenvalue weighted by molar-refractivity contribution is -0.145. The fraction of sp³-hybridized carbons (Fsp3) is 0.227. The topological polar surface area (TPSA) is 66.8 Å². The van der Waals surface area contributed by atoms with Gasteiger partial charge in [0.15, 0.2) is 0 Å². The second kappa shape index (κ2) is 9.24. The Kier molecular flexibility index (Phi) is 6.71. The zero-order valence-corrected chi connectivity index (χ0v) is 17.8. The standard InChI is InChI=1S/C22H21NO4S2/c1-3-18(21(25)26)23-20(24)19(29-22(23)28)12-15-8-10-17(11-9-15)27-13-16-6-4-14(2)5-7-16/h4-12,18H,3,13H2,1-2H3,(H,25,26)/b19-12-/t18-/m0/s1. The van der Waals surface area contributed by atoms with Crippen molar-refractivity contribution in [3.63, 3.8) is 0 Å². The number of thioether (sulfide) groups is 1. The van der Waals surface area contributed by atoms with Gasteiger partial charge in [0.25, 0.3) is 5.91 Å². The van der Waals surface area contributed by atoms with Crippen molar-refractivity contribution in [2.75, 3.05) is 0 Å². The predicted octanol–water partition coefficient (Wildman–Crippen LogP) is 4.64. The van der Waals surface area contributed by atoms with Crippen molar-refractivity contribution >= 4 is 46.3 Å². The van der Waals surface area contributed by atoms with E-state index in [1.807, 2.05) is 55.5 Å². The summed E-state index contributed by atoms with van der Waals surface area (Å²) in [7, 11) is 0. The van der Waals surface area contributed by atoms with Crippen molar-refractivity contribution in [3.8, 4) is 5.75 Å². The van der Waals surface area contributed by atoms with Gasteiger partial charge in [-0.05, 0) is 42.7 Å². The van der Waals surface area contributed by atoms with Crippen LogP contribution in [0.2, 0.25) is 0 Å². The molecule has 0 bridgehead atoms. The van der Waals surface area contributed by atoms with Crippen molar-refractivity contribution in [3.05, 3.63) is 70.1 Å². The Morgan fingerprint density at radius 2 is 1.86 bits per heavy atom. The Hall–Kier alpha value is -2.64. The third-order valence-electron chi connectivity index (χ3n) is 4.51. The summed E-state index contributed by atoms with van der Waals surface area (Å²) in [5.41, 5.74) is 3.11. The van der Waals surface area contributed by atoms with E-state index in [0.29, 0.717) is 17.9 Å². The van der Waals surface area contributed by atoms with Crippen LogP contribution in [0.25, 0.3) is 6.08 Å². The van der Waals surface area contributed by atoms with Crippen LogP contribution in [0.1, 0.15) is 30.0 Å². The normalized spacial score (nSPS) is 16.3. The maximum atomic E-state index is 12.6. The molecule has 29 heavy (non-hydrogen) atoms. The van der Waals surface area contributed by atoms with Crippen LogP contribution < -0.4 is 4.74 Å². The maximum absolute atomic E-state index is 12.6. The lowest BCUT2D eigenvalue weighted by atomic mass is 10.1. The number of carbonyl (C=O) groups excluding carboxylic acids is 1. The number of hydrogen-bond donors (Lipinski definition) is 1. The molecule has 2 aromatic rings. The third kappa shape index (κ3) is 5.05. The van der Waals surface area contributed by atoms with Gasteiger partial charge >= 0.3 is 5.97 Å². The van der Waals surface area contributed by atoms with Crippen LogP contribution in [0.4, 0.5) is 0 Å². The summed E-state index contributed by atoms with van der Waals surface area (Å²) in [6, 6.07) is 14.6. The molecule has 0 saturated carbocycles. The highest BCUT2D eigenvalue weighted by Crippen LogP contribution is 2.34. The van der Waals surface area contributed by atoms with Gasteiger partial charge in [-0.2, -0.15) is 0 Å². The molecule has 7 heteroatoms. The number of hydrogen-bond acceptors (Lipinski definition) is 5. The molecule has 1 aliphatic rings. The van der Waals surface area contributed by atoms with Crippen LogP contribution in [0, 0.1) is 6.92 Å². The van der Waals surface area contributed by atoms with Crippen molar-refractivity contribution in [2.24, 2.45) is 0 Å². The summed E-state index contributed by atoms with van der Waals surface area (Å²) in [5.74, 6) is -0.693. The number of carboxylic acids is 1. The molecule has 2 aromatic carbocycles. The quantitative estimate of drug-likeness (QED) is 0.513. The first-order valence-corrected chi connectivity index (χ1v) is 10.4. The van der Waals surface area contributed by atoms with Crippen LogP contribution in [0.5, 0.6) is 5.75 Å². The molecule has 1 atom stereocenters. The number of nitrogens with zero attached hydrogens (tertiary/aromatic N) is 1. The number of aliphatic carboxylic acids is 1. The Morgan fingerprint density at radius 1 is 1.21 bits per heavy atom. The van der Waals surface area contributed by atoms with Gasteiger partial charge in [0, 0.05) is 0 Å². The fourth-order valence-electron chi connectivity index (χ4n) is 2.88. The molecule has 0 radical (unpaired) electrons. The first-order valence-electron chi connectivity index (χ1n) is 9.17. The van der Waals surface area contributed by atoms with Gasteiger partial charge in [0.05, 0.1) is 4.91 Å². The average Bonchev–Trinajstić information content (AvgIpc) is 2.97. The minimum Gasteiger partial charge on any atom is -0.489 e. The second-order valence-corrected chi connectivity index (χ2v) is 8.33. The largest absolute Gasteiger partial charge is 0.489 e. The first-order chi connectivity index (χ1) is 13.9. The van der Waals surface area contributed by atoms with Crippen LogP contribution in [-0.2, 0) is 16.2 Å². The molecule has 1 aliphatic heterocycles. The van der Waals surface area contributed by atoms with Gasteiger partial charge in [0.1, 0.15) is 22.7 Å². The highest BCUT2D eigenvalue weighted by atomic mass is 32.2. The molecule has 0 aliphatic carbocycles. The molecule has 0 aromatic heterocycles. The van der Waals surface area contributed by atoms with Gasteiger partial charge in [-0.3, -0.25) is 9.69 Å². The number of amides is 1. The Morgan fingerprint density at radius 3 is 2.45 bits per heavy atom. The van der Waals surface area contributed by atoms with Crippen LogP contribution in [0.3, 0.4) is 0 Å². The molecule has 0 unspecified atom stereocenters. The van der Waals surface area contributed by atoms with E-state index in [0.717, 1.165) is 28.6 Å². The summed E-state index contributed by atoms with van der Waals surface area (Å²) >= 11 is 6.35. The van der Waals surface area contributed by atoms with E-state index in [4.69, 9.17) is 17.0 Å². The smallest absolute Gasteiger partial charge is 0.326 e. The number of rotatable bonds is 7. The maximum Gasteiger partial charge on any atom is 0.326 e. The number of aryl methyl sites for hydroxylation is 1. The lowest BCUT2D eigenvalue weighted by Gasteiger charge is -2.21. The van der Waals surface area contributed by atoms with E-state index in [1.54, 1.807) is 13.0 Å². The first kappa shape index (κ1) is 21.1. The van der Waals surface area contributed by atoms with Crippen LogP contribution in [-0.4, -0.2) is 32.2 Å². The number of carbonyl (C=O) groups is 2. The van der Waals surface area contributed by atoms with E-state index >= 15 is 0 Å². The predicted molar refractivity (Wildman–Crippen MR) is 119 cm³/mol. The van der Waals surface area contributed by atoms with Crippen molar-refractivity contribution in [1.82, 2.24) is 4.90 Å². The van der Waals surface area contributed by atoms with Crippen molar-refractivity contribution in [1.29, 1.82) is 0 Å². The van der Waals surface area contributed by atoms with Gasteiger partial charge in [0.2, 0.25) is 0 Å². The van der Waals surface area contributed by atoms with Crippen molar-refractivity contribution < 1.29 is 19.4 Å². The van der Waals surface area contributed by atoms with E-state index in [-0.39, 0.29) is 10.2 Å². The highest BCUT2D eigenvalue weighted by Gasteiger charge is 2.39. The lowest BCUT2D eigenvalue weighted by Crippen LogP contribution is -2.43. The molecule has 150 valence electrons. The monoisotopic (exact) mass is 427 g/mol. The molecule has 1 fully saturated rings. The van der Waals surface area contributed by atoms with E-state index in [9.17, 15) is 14.7 Å². The average molecular weight is 428 g/mol. The Balaban J connectivity index is 1.67. The summed E-state index contributed by atoms with van der Waals surface area (Å²) in [6.45, 7) is 4.24. The molecule has 1 saturated heterocycles. The third-order valence-corrected chi connectivity index (χ3v) is 5.84. The summed E-state index contributed by atoms with van der Waals surface area (Å²) < 4.78 is 6.07. The zero-order valence-electron chi connectivity index (χ0n) is 16.1. The molecule has 1 heterocycles. The number of ether oxygens (including phenoxy) is 1. The second-order valence-electron chi connectivity index (χ2n) is 6.66. The van der Waals surface area contributed by atoms with E-state index < -0.39 is 12.0 Å². The molecule has 5 nitrogen and oxygen atoms in total. The van der Waals surface area contributed by atoms with Gasteiger partial charge in [-0.25, -0.2) is 4.79 Å². The summed E-state index contributed by atoms with van der Waals surface area (Å²) in [5, 5.41) is 9.33. The summed E-state index contributed by atoms with van der Waals surface area (Å²) in [6.07, 6.45) is 2.01. The number of thiocarbonyl (C=S) groups is 1. The van der Waals surface area contributed by atoms with Gasteiger partial charge in [-0.15, -0.1) is 0 Å². The van der Waals surface area contributed by atoms with Gasteiger partial charge < -0.3 is 9.84 Å². The number of benzene rings is 2. The Labute approximate surface area is 179 Å². The number of carboxylic acid groups (broad SMARTS) is 1. The molecular formula is C22H21NO4S2. The molecular weight excluding hydrogens is 406 g/mol. The highest BCUT2D eigenvalue weighted by molar-refractivity contribution is 8.26. The minimum atomic E-state index is -1.06. The fourth-order valence-corrected chi connectivity index (χ4v) is 4.24. The molecule has 1 amide bonds. The SMILES string of the molecule is CC[C@@H](C(=O)O)N1C(=O)/C(=C/c2ccc(OCc3ccc(C)cc3)cc2)SC1=S. The molecule has 3 rings (SSSR count). The molecule has 1 N–H and O–H groups in total. The van der Waals surface area contributed by atoms with Crippen LogP contribution >= 0.6 is 24.0 Å².